The van der Waals surface area contributed by atoms with Crippen molar-refractivity contribution in [3.63, 3.8) is 0 Å². The molecule has 1 amide bonds. The van der Waals surface area contributed by atoms with Crippen LogP contribution in [0.3, 0.4) is 0 Å². The van der Waals surface area contributed by atoms with E-state index in [4.69, 9.17) is 18.3 Å². The lowest BCUT2D eigenvalue weighted by molar-refractivity contribution is -0.000584. The van der Waals surface area contributed by atoms with Gasteiger partial charge >= 0.3 is 13.9 Å². The van der Waals surface area contributed by atoms with Crippen LogP contribution in [0.5, 0.6) is 0 Å². The minimum absolute atomic E-state index is 0.0453. The van der Waals surface area contributed by atoms with Crippen LogP contribution < -0.4 is 0 Å². The number of nitriles is 1. The highest BCUT2D eigenvalue weighted by molar-refractivity contribution is 7.48. The van der Waals surface area contributed by atoms with Crippen LogP contribution in [0.25, 0.3) is 0 Å². The number of carbonyl (C=O) groups excluding carboxylic acids is 1. The van der Waals surface area contributed by atoms with Crippen LogP contribution in [0.1, 0.15) is 67.2 Å². The Morgan fingerprint density at radius 2 is 1.86 bits per heavy atom. The van der Waals surface area contributed by atoms with Crippen LogP contribution in [-0.4, -0.2) is 48.5 Å². The molecule has 1 aliphatic rings. The fourth-order valence-electron chi connectivity index (χ4n) is 3.39. The average Bonchev–Trinajstić information content (AvgIpc) is 2.95. The molecule has 1 saturated carbocycles. The molecule has 9 heteroatoms. The third-order valence-electron chi connectivity index (χ3n) is 4.65. The van der Waals surface area contributed by atoms with Gasteiger partial charge < -0.3 is 4.74 Å². The van der Waals surface area contributed by atoms with Gasteiger partial charge in [0.25, 0.3) is 0 Å². The second-order valence-corrected chi connectivity index (χ2v) is 9.60. The third-order valence-corrected chi connectivity index (χ3v) is 6.30. The van der Waals surface area contributed by atoms with E-state index in [1.807, 2.05) is 6.92 Å². The van der Waals surface area contributed by atoms with Crippen LogP contribution in [0.15, 0.2) is 0 Å². The maximum atomic E-state index is 12.9. The van der Waals surface area contributed by atoms with E-state index in [2.05, 4.69) is 6.07 Å². The maximum absolute atomic E-state index is 12.9. The molecule has 0 spiro atoms. The van der Waals surface area contributed by atoms with Crippen molar-refractivity contribution in [3.05, 3.63) is 0 Å². The largest absolute Gasteiger partial charge is 0.474 e. The first-order chi connectivity index (χ1) is 13.0. The number of carbonyl (C=O) groups is 1. The van der Waals surface area contributed by atoms with E-state index >= 15 is 0 Å². The minimum Gasteiger partial charge on any atom is -0.444 e. The first-order valence-electron chi connectivity index (χ1n) is 9.99. The molecule has 0 aromatic carbocycles. The summed E-state index contributed by atoms with van der Waals surface area (Å²) < 4.78 is 33.5. The van der Waals surface area contributed by atoms with Gasteiger partial charge in [-0.25, -0.2) is 9.36 Å². The summed E-state index contributed by atoms with van der Waals surface area (Å²) in [5.41, 5.74) is -1.56. The molecule has 0 bridgehead atoms. The van der Waals surface area contributed by atoms with Gasteiger partial charge in [0.05, 0.1) is 25.9 Å². The molecular formula is C19H35N2O6P. The predicted octanol–water partition coefficient (Wildman–Crippen LogP) is 4.89. The lowest BCUT2D eigenvalue weighted by Crippen LogP contribution is -2.54. The highest BCUT2D eigenvalue weighted by Gasteiger charge is 2.48. The maximum Gasteiger partial charge on any atom is 0.474 e. The Balaban J connectivity index is 2.86. The monoisotopic (exact) mass is 418 g/mol. The Labute approximate surface area is 169 Å². The molecule has 0 heterocycles. The highest BCUT2D eigenvalue weighted by Crippen LogP contribution is 2.49. The Morgan fingerprint density at radius 1 is 1.25 bits per heavy atom. The van der Waals surface area contributed by atoms with Crippen molar-refractivity contribution < 1.29 is 27.7 Å². The smallest absolute Gasteiger partial charge is 0.444 e. The summed E-state index contributed by atoms with van der Waals surface area (Å²) in [7, 11) is -3.60. The number of ether oxygens (including phenoxy) is 1. The zero-order chi connectivity index (χ0) is 21.4. The number of rotatable bonds is 10. The minimum atomic E-state index is -3.60. The first kappa shape index (κ1) is 24.9. The zero-order valence-electron chi connectivity index (χ0n) is 18.0. The van der Waals surface area contributed by atoms with Crippen LogP contribution in [0, 0.1) is 17.2 Å². The number of amides is 1. The first-order valence-corrected chi connectivity index (χ1v) is 11.4. The topological polar surface area (TPSA) is 98.1 Å². The highest BCUT2D eigenvalue weighted by atomic mass is 31.2. The summed E-state index contributed by atoms with van der Waals surface area (Å²) in [5, 5.41) is 9.92. The number of hydrogen-bond donors (Lipinski definition) is 0. The molecule has 1 aliphatic carbocycles. The van der Waals surface area contributed by atoms with Gasteiger partial charge in [-0.2, -0.15) is 5.26 Å². The van der Waals surface area contributed by atoms with E-state index < -0.39 is 25.1 Å². The number of phosphoric ester groups is 1. The lowest BCUT2D eigenvalue weighted by atomic mass is 9.88. The van der Waals surface area contributed by atoms with E-state index in [1.54, 1.807) is 34.6 Å². The summed E-state index contributed by atoms with van der Waals surface area (Å²) in [6, 6.07) is 2.37. The Kier molecular flexibility index (Phi) is 9.42. The Morgan fingerprint density at radius 3 is 2.29 bits per heavy atom. The summed E-state index contributed by atoms with van der Waals surface area (Å²) in [6.07, 6.45) is 2.24. The van der Waals surface area contributed by atoms with Crippen molar-refractivity contribution in [2.75, 3.05) is 26.4 Å². The second kappa shape index (κ2) is 10.6. The van der Waals surface area contributed by atoms with Crippen LogP contribution >= 0.6 is 7.82 Å². The van der Waals surface area contributed by atoms with Gasteiger partial charge in [0.1, 0.15) is 11.1 Å². The Bertz CT molecular complexity index is 590. The molecule has 162 valence electrons. The van der Waals surface area contributed by atoms with Gasteiger partial charge in [-0.3, -0.25) is 18.5 Å². The standard InChI is InChI=1S/C19H35N2O6P/c1-7-24-28(23,25-8-2)26-14-10-13-21(17(22)27-18(4,5)6)19(15-20)12-9-11-16(19)3/h16H,7-14H2,1-6H3/t16-,19+/m1/s1. The SMILES string of the molecule is CCOP(=O)(OCC)OCCCN(C(=O)OC(C)(C)C)[C@]1(C#N)CCC[C@H]1C. The predicted molar refractivity (Wildman–Crippen MR) is 106 cm³/mol. The quantitative estimate of drug-likeness (QED) is 0.368. The van der Waals surface area contributed by atoms with E-state index in [0.29, 0.717) is 12.8 Å². The number of phosphoric acid groups is 1. The van der Waals surface area contributed by atoms with Crippen LogP contribution in [-0.2, 0) is 22.9 Å². The molecule has 1 fully saturated rings. The molecule has 0 saturated heterocycles. The van der Waals surface area contributed by atoms with Crippen molar-refractivity contribution in [1.82, 2.24) is 4.90 Å². The van der Waals surface area contributed by atoms with Crippen molar-refractivity contribution >= 4 is 13.9 Å². The zero-order valence-corrected chi connectivity index (χ0v) is 18.9. The van der Waals surface area contributed by atoms with Gasteiger partial charge in [0, 0.05) is 6.54 Å². The molecule has 0 radical (unpaired) electrons. The molecule has 0 unspecified atom stereocenters. The van der Waals surface area contributed by atoms with Crippen molar-refractivity contribution in [2.24, 2.45) is 5.92 Å². The van der Waals surface area contributed by atoms with Gasteiger partial charge in [-0.05, 0) is 66.2 Å². The molecule has 0 aromatic rings. The van der Waals surface area contributed by atoms with Gasteiger partial charge in [0.2, 0.25) is 0 Å². The Hall–Kier alpha value is -1.13. The van der Waals surface area contributed by atoms with Crippen LogP contribution in [0.2, 0.25) is 0 Å². The number of hydrogen-bond acceptors (Lipinski definition) is 7. The second-order valence-electron chi connectivity index (χ2n) is 7.93. The van der Waals surface area contributed by atoms with Crippen molar-refractivity contribution in [1.29, 1.82) is 5.26 Å². The summed E-state index contributed by atoms with van der Waals surface area (Å²) in [4.78, 5) is 14.4. The third kappa shape index (κ3) is 6.73. The summed E-state index contributed by atoms with van der Waals surface area (Å²) >= 11 is 0. The molecule has 28 heavy (non-hydrogen) atoms. The van der Waals surface area contributed by atoms with Crippen molar-refractivity contribution in [2.45, 2.75) is 78.4 Å². The van der Waals surface area contributed by atoms with E-state index in [1.165, 1.54) is 4.90 Å². The fraction of sp³-hybridized carbons (Fsp3) is 0.895. The van der Waals surface area contributed by atoms with E-state index in [-0.39, 0.29) is 32.3 Å². The molecule has 0 aromatic heterocycles. The van der Waals surface area contributed by atoms with Crippen molar-refractivity contribution in [3.8, 4) is 6.07 Å². The average molecular weight is 418 g/mol. The van der Waals surface area contributed by atoms with Crippen LogP contribution in [0.4, 0.5) is 4.79 Å². The molecule has 0 aliphatic heterocycles. The molecule has 0 N–H and O–H groups in total. The molecular weight excluding hydrogens is 383 g/mol. The van der Waals surface area contributed by atoms with Gasteiger partial charge in [0.15, 0.2) is 0 Å². The number of nitrogens with zero attached hydrogens (tertiary/aromatic N) is 2. The summed E-state index contributed by atoms with van der Waals surface area (Å²) in [5.74, 6) is 0.0453. The van der Waals surface area contributed by atoms with Gasteiger partial charge in [-0.15, -0.1) is 0 Å². The van der Waals surface area contributed by atoms with E-state index in [9.17, 15) is 14.6 Å². The normalized spacial score (nSPS) is 22.7. The summed E-state index contributed by atoms with van der Waals surface area (Å²) in [6.45, 7) is 11.5. The van der Waals surface area contributed by atoms with Gasteiger partial charge in [-0.1, -0.05) is 6.92 Å². The molecule has 1 rings (SSSR count). The van der Waals surface area contributed by atoms with E-state index in [0.717, 1.165) is 12.8 Å². The lowest BCUT2D eigenvalue weighted by Gasteiger charge is -2.39. The fourth-order valence-corrected chi connectivity index (χ4v) is 4.60. The molecule has 8 nitrogen and oxygen atoms in total. The molecule has 2 atom stereocenters.